The second-order valence-electron chi connectivity index (χ2n) is 3.65. The lowest BCUT2D eigenvalue weighted by Crippen LogP contribution is -2.02. The number of nitrogens with one attached hydrogen (secondary N) is 1. The molecule has 2 aromatic rings. The summed E-state index contributed by atoms with van der Waals surface area (Å²) < 4.78 is 0.977. The van der Waals surface area contributed by atoms with Crippen LogP contribution in [0.4, 0.5) is 5.69 Å². The number of rotatable bonds is 3. The Labute approximate surface area is 113 Å². The fourth-order valence-corrected chi connectivity index (χ4v) is 1.70. The van der Waals surface area contributed by atoms with Gasteiger partial charge in [0.05, 0.1) is 24.1 Å². The number of nitrogens with zero attached hydrogens (tertiary/aromatic N) is 2. The third-order valence-electron chi connectivity index (χ3n) is 2.28. The second-order valence-corrected chi connectivity index (χ2v) is 4.93. The van der Waals surface area contributed by atoms with Gasteiger partial charge in [-0.15, -0.1) is 0 Å². The standard InChI is InChI=1S/C12H11BrClN3/c1-8-4-11(7-17-12(8)14)16-6-10-3-2-9(13)5-15-10/h2-5,7,16H,6H2,1H3. The summed E-state index contributed by atoms with van der Waals surface area (Å²) in [4.78, 5) is 8.36. The van der Waals surface area contributed by atoms with Crippen LogP contribution in [0.2, 0.25) is 5.15 Å². The summed E-state index contributed by atoms with van der Waals surface area (Å²) in [6, 6.07) is 5.90. The zero-order chi connectivity index (χ0) is 12.3. The maximum Gasteiger partial charge on any atom is 0.132 e. The SMILES string of the molecule is Cc1cc(NCc2ccc(Br)cn2)cnc1Cl. The molecule has 17 heavy (non-hydrogen) atoms. The minimum absolute atomic E-state index is 0.539. The van der Waals surface area contributed by atoms with Gasteiger partial charge in [-0.1, -0.05) is 11.6 Å². The molecule has 0 aliphatic carbocycles. The van der Waals surface area contributed by atoms with Crippen molar-refractivity contribution >= 4 is 33.2 Å². The van der Waals surface area contributed by atoms with E-state index in [4.69, 9.17) is 11.6 Å². The predicted molar refractivity (Wildman–Crippen MR) is 73.2 cm³/mol. The zero-order valence-corrected chi connectivity index (χ0v) is 11.6. The third kappa shape index (κ3) is 3.41. The van der Waals surface area contributed by atoms with Crippen LogP contribution in [0.25, 0.3) is 0 Å². The number of aromatic nitrogens is 2. The molecule has 0 radical (unpaired) electrons. The molecule has 0 aromatic carbocycles. The van der Waals surface area contributed by atoms with E-state index in [0.29, 0.717) is 11.7 Å². The monoisotopic (exact) mass is 311 g/mol. The highest BCUT2D eigenvalue weighted by molar-refractivity contribution is 9.10. The molecule has 0 saturated heterocycles. The van der Waals surface area contributed by atoms with Gasteiger partial charge in [0.25, 0.3) is 0 Å². The first-order valence-electron chi connectivity index (χ1n) is 5.11. The van der Waals surface area contributed by atoms with Crippen molar-refractivity contribution in [2.45, 2.75) is 13.5 Å². The lowest BCUT2D eigenvalue weighted by molar-refractivity contribution is 1.04. The minimum atomic E-state index is 0.539. The summed E-state index contributed by atoms with van der Waals surface area (Å²) in [5.41, 5.74) is 2.87. The van der Waals surface area contributed by atoms with Crippen LogP contribution in [-0.2, 0) is 6.54 Å². The Morgan fingerprint density at radius 2 is 2.12 bits per heavy atom. The summed E-state index contributed by atoms with van der Waals surface area (Å²) >= 11 is 9.21. The van der Waals surface area contributed by atoms with Gasteiger partial charge in [0.1, 0.15) is 5.15 Å². The predicted octanol–water partition coefficient (Wildman–Crippen LogP) is 3.81. The van der Waals surface area contributed by atoms with E-state index < -0.39 is 0 Å². The molecule has 0 aliphatic heterocycles. The van der Waals surface area contributed by atoms with Crippen LogP contribution < -0.4 is 5.32 Å². The lowest BCUT2D eigenvalue weighted by Gasteiger charge is -2.07. The van der Waals surface area contributed by atoms with Gasteiger partial charge in [-0.25, -0.2) is 4.98 Å². The van der Waals surface area contributed by atoms with Crippen LogP contribution in [0.3, 0.4) is 0 Å². The van der Waals surface area contributed by atoms with Gasteiger partial charge in [0, 0.05) is 10.7 Å². The van der Waals surface area contributed by atoms with Crippen LogP contribution in [0.15, 0.2) is 35.1 Å². The molecule has 0 atom stereocenters. The minimum Gasteiger partial charge on any atom is -0.378 e. The van der Waals surface area contributed by atoms with E-state index in [-0.39, 0.29) is 0 Å². The van der Waals surface area contributed by atoms with Gasteiger partial charge < -0.3 is 5.32 Å². The smallest absolute Gasteiger partial charge is 0.132 e. The maximum atomic E-state index is 5.86. The van der Waals surface area contributed by atoms with E-state index in [9.17, 15) is 0 Å². The Kier molecular flexibility index (Phi) is 3.97. The van der Waals surface area contributed by atoms with Crippen LogP contribution in [0, 0.1) is 6.92 Å². The van der Waals surface area contributed by atoms with E-state index in [0.717, 1.165) is 21.4 Å². The topological polar surface area (TPSA) is 37.8 Å². The molecule has 2 aromatic heterocycles. The summed E-state index contributed by atoms with van der Waals surface area (Å²) in [5.74, 6) is 0. The first-order chi connectivity index (χ1) is 8.15. The number of anilines is 1. The molecule has 2 rings (SSSR count). The fourth-order valence-electron chi connectivity index (χ4n) is 1.36. The highest BCUT2D eigenvalue weighted by Crippen LogP contribution is 2.16. The van der Waals surface area contributed by atoms with E-state index in [1.54, 1.807) is 12.4 Å². The molecule has 0 aliphatic rings. The molecule has 0 unspecified atom stereocenters. The van der Waals surface area contributed by atoms with Crippen LogP contribution in [-0.4, -0.2) is 9.97 Å². The summed E-state index contributed by atoms with van der Waals surface area (Å²) in [6.45, 7) is 2.59. The van der Waals surface area contributed by atoms with Crippen molar-refractivity contribution in [3.63, 3.8) is 0 Å². The highest BCUT2D eigenvalue weighted by atomic mass is 79.9. The highest BCUT2D eigenvalue weighted by Gasteiger charge is 1.99. The largest absolute Gasteiger partial charge is 0.378 e. The van der Waals surface area contributed by atoms with Crippen molar-refractivity contribution in [3.8, 4) is 0 Å². The number of halogens is 2. The van der Waals surface area contributed by atoms with Gasteiger partial charge >= 0.3 is 0 Å². The molecule has 1 N–H and O–H groups in total. The molecule has 0 spiro atoms. The zero-order valence-electron chi connectivity index (χ0n) is 9.24. The first kappa shape index (κ1) is 12.3. The molecule has 3 nitrogen and oxygen atoms in total. The van der Waals surface area contributed by atoms with Gasteiger partial charge in [-0.05, 0) is 46.6 Å². The summed E-state index contributed by atoms with van der Waals surface area (Å²) in [7, 11) is 0. The van der Waals surface area contributed by atoms with E-state index in [1.807, 2.05) is 25.1 Å². The second kappa shape index (κ2) is 5.47. The van der Waals surface area contributed by atoms with Crippen molar-refractivity contribution in [3.05, 3.63) is 51.5 Å². The van der Waals surface area contributed by atoms with Crippen molar-refractivity contribution in [1.29, 1.82) is 0 Å². The maximum absolute atomic E-state index is 5.86. The van der Waals surface area contributed by atoms with Crippen LogP contribution in [0.5, 0.6) is 0 Å². The molecule has 0 fully saturated rings. The Balaban J connectivity index is 2.02. The quantitative estimate of drug-likeness (QED) is 0.876. The van der Waals surface area contributed by atoms with E-state index >= 15 is 0 Å². The van der Waals surface area contributed by atoms with E-state index in [1.165, 1.54) is 0 Å². The molecular formula is C12H11BrClN3. The number of aryl methyl sites for hydroxylation is 1. The molecule has 0 bridgehead atoms. The summed E-state index contributed by atoms with van der Waals surface area (Å²) in [6.07, 6.45) is 3.50. The lowest BCUT2D eigenvalue weighted by atomic mass is 10.3. The van der Waals surface area contributed by atoms with E-state index in [2.05, 4.69) is 31.2 Å². The normalized spacial score (nSPS) is 10.3. The molecule has 88 valence electrons. The first-order valence-corrected chi connectivity index (χ1v) is 6.29. The van der Waals surface area contributed by atoms with Gasteiger partial charge in [-0.2, -0.15) is 0 Å². The Morgan fingerprint density at radius 1 is 1.29 bits per heavy atom. The fraction of sp³-hybridized carbons (Fsp3) is 0.167. The summed E-state index contributed by atoms with van der Waals surface area (Å²) in [5, 5.41) is 3.79. The Bertz CT molecular complexity index is 514. The third-order valence-corrected chi connectivity index (χ3v) is 3.14. The Morgan fingerprint density at radius 3 is 2.76 bits per heavy atom. The van der Waals surface area contributed by atoms with Gasteiger partial charge in [0.2, 0.25) is 0 Å². The molecule has 5 heteroatoms. The number of hydrogen-bond donors (Lipinski definition) is 1. The molecule has 0 saturated carbocycles. The van der Waals surface area contributed by atoms with Crippen molar-refractivity contribution in [1.82, 2.24) is 9.97 Å². The van der Waals surface area contributed by atoms with Crippen molar-refractivity contribution < 1.29 is 0 Å². The number of hydrogen-bond acceptors (Lipinski definition) is 3. The molecule has 0 amide bonds. The van der Waals surface area contributed by atoms with Gasteiger partial charge in [-0.3, -0.25) is 4.98 Å². The van der Waals surface area contributed by atoms with Gasteiger partial charge in [0.15, 0.2) is 0 Å². The Hall–Kier alpha value is -1.13. The van der Waals surface area contributed by atoms with Crippen LogP contribution in [0.1, 0.15) is 11.3 Å². The average Bonchev–Trinajstić information content (AvgIpc) is 2.33. The van der Waals surface area contributed by atoms with Crippen LogP contribution >= 0.6 is 27.5 Å². The molecular weight excluding hydrogens is 302 g/mol. The average molecular weight is 313 g/mol. The van der Waals surface area contributed by atoms with Crippen molar-refractivity contribution in [2.75, 3.05) is 5.32 Å². The number of pyridine rings is 2. The molecule has 2 heterocycles. The van der Waals surface area contributed by atoms with Crippen molar-refractivity contribution in [2.24, 2.45) is 0 Å².